The molecule has 0 aromatic heterocycles. The predicted octanol–water partition coefficient (Wildman–Crippen LogP) is 4.24. The van der Waals surface area contributed by atoms with Gasteiger partial charge in [0.25, 0.3) is 0 Å². The van der Waals surface area contributed by atoms with Crippen molar-refractivity contribution in [1.82, 2.24) is 0 Å². The highest BCUT2D eigenvalue weighted by Gasteiger charge is 2.33. The second-order valence-corrected chi connectivity index (χ2v) is 6.39. The first-order valence-corrected chi connectivity index (χ1v) is 7.98. The van der Waals surface area contributed by atoms with Crippen LogP contribution < -0.4 is 16.4 Å². The van der Waals surface area contributed by atoms with Gasteiger partial charge in [-0.05, 0) is 49.4 Å². The number of anilines is 3. The fraction of sp³-hybridized carbons (Fsp3) is 0.250. The molecule has 0 saturated heterocycles. The minimum absolute atomic E-state index is 0.474. The lowest BCUT2D eigenvalue weighted by Crippen LogP contribution is -2.24. The van der Waals surface area contributed by atoms with Crippen molar-refractivity contribution in [1.29, 1.82) is 0 Å². The summed E-state index contributed by atoms with van der Waals surface area (Å²) >= 11 is 1.43. The van der Waals surface area contributed by atoms with Crippen molar-refractivity contribution in [2.75, 3.05) is 23.7 Å². The Labute approximate surface area is 136 Å². The number of nitrogens with two attached hydrogens (primary N) is 2. The molecule has 1 heterocycles. The number of rotatable bonds is 3. The number of hydrogen-bond acceptors (Lipinski definition) is 4. The van der Waals surface area contributed by atoms with Gasteiger partial charge in [-0.1, -0.05) is 11.8 Å². The Morgan fingerprint density at radius 2 is 1.78 bits per heavy atom. The summed E-state index contributed by atoms with van der Waals surface area (Å²) < 4.78 is 39.1. The summed E-state index contributed by atoms with van der Waals surface area (Å²) in [4.78, 5) is 3.62. The van der Waals surface area contributed by atoms with Crippen LogP contribution in [0.4, 0.5) is 30.2 Å². The van der Waals surface area contributed by atoms with Gasteiger partial charge in [-0.2, -0.15) is 13.2 Å². The lowest BCUT2D eigenvalue weighted by molar-refractivity contribution is -0.137. The average Bonchev–Trinajstić information content (AvgIpc) is 2.49. The van der Waals surface area contributed by atoms with Crippen LogP contribution in [0.2, 0.25) is 0 Å². The maximum absolute atomic E-state index is 13.0. The zero-order valence-corrected chi connectivity index (χ0v) is 13.0. The summed E-state index contributed by atoms with van der Waals surface area (Å²) in [5.74, 6) is 0. The standard InChI is InChI=1S/C16H16F3N3S/c17-16(18,19)10-2-5-14-13(8-10)22(7-1-6-20)12-4-3-11(21)9-15(12)23-14/h2-5,8-9H,1,6-7,20-21H2. The highest BCUT2D eigenvalue weighted by atomic mass is 32.2. The first-order valence-electron chi connectivity index (χ1n) is 7.16. The van der Waals surface area contributed by atoms with Crippen LogP contribution >= 0.6 is 11.8 Å². The molecule has 122 valence electrons. The van der Waals surface area contributed by atoms with E-state index >= 15 is 0 Å². The van der Waals surface area contributed by atoms with Gasteiger partial charge in [-0.25, -0.2) is 0 Å². The largest absolute Gasteiger partial charge is 0.416 e. The van der Waals surface area contributed by atoms with Crippen molar-refractivity contribution < 1.29 is 13.2 Å². The minimum Gasteiger partial charge on any atom is -0.399 e. The van der Waals surface area contributed by atoms with Crippen molar-refractivity contribution in [3.05, 3.63) is 42.0 Å². The molecule has 4 N–H and O–H groups in total. The molecule has 0 spiro atoms. The van der Waals surface area contributed by atoms with Crippen LogP contribution in [0.1, 0.15) is 12.0 Å². The van der Waals surface area contributed by atoms with Crippen LogP contribution in [0.25, 0.3) is 0 Å². The maximum atomic E-state index is 13.0. The Morgan fingerprint density at radius 3 is 2.48 bits per heavy atom. The third-order valence-corrected chi connectivity index (χ3v) is 4.77. The average molecular weight is 339 g/mol. The van der Waals surface area contributed by atoms with Gasteiger partial charge in [0, 0.05) is 22.0 Å². The smallest absolute Gasteiger partial charge is 0.399 e. The lowest BCUT2D eigenvalue weighted by Gasteiger charge is -2.33. The fourth-order valence-corrected chi connectivity index (χ4v) is 3.69. The zero-order chi connectivity index (χ0) is 16.6. The molecule has 7 heteroatoms. The van der Waals surface area contributed by atoms with Gasteiger partial charge in [0.05, 0.1) is 16.9 Å². The van der Waals surface area contributed by atoms with Crippen LogP contribution in [0, 0.1) is 0 Å². The van der Waals surface area contributed by atoms with Crippen molar-refractivity contribution in [2.45, 2.75) is 22.4 Å². The van der Waals surface area contributed by atoms with Gasteiger partial charge in [-0.15, -0.1) is 0 Å². The molecular formula is C16H16F3N3S. The maximum Gasteiger partial charge on any atom is 0.416 e. The summed E-state index contributed by atoms with van der Waals surface area (Å²) in [5, 5.41) is 0. The first-order chi connectivity index (χ1) is 10.9. The quantitative estimate of drug-likeness (QED) is 0.821. The Balaban J connectivity index is 2.10. The third-order valence-electron chi connectivity index (χ3n) is 3.66. The number of fused-ring (bicyclic) bond motifs is 2. The minimum atomic E-state index is -4.36. The van der Waals surface area contributed by atoms with Gasteiger partial charge in [0.1, 0.15) is 0 Å². The predicted molar refractivity (Wildman–Crippen MR) is 87.1 cm³/mol. The Hall–Kier alpha value is -1.86. The number of alkyl halides is 3. The topological polar surface area (TPSA) is 55.3 Å². The van der Waals surface area contributed by atoms with Crippen LogP contribution in [-0.2, 0) is 6.18 Å². The number of nitrogen functional groups attached to an aromatic ring is 1. The molecule has 1 aliphatic heterocycles. The van der Waals surface area contributed by atoms with E-state index in [-0.39, 0.29) is 0 Å². The molecule has 23 heavy (non-hydrogen) atoms. The summed E-state index contributed by atoms with van der Waals surface area (Å²) in [6.07, 6.45) is -3.68. The van der Waals surface area contributed by atoms with Gasteiger partial charge in [-0.3, -0.25) is 0 Å². The molecule has 0 unspecified atom stereocenters. The lowest BCUT2D eigenvalue weighted by atomic mass is 10.1. The molecule has 3 rings (SSSR count). The van der Waals surface area contributed by atoms with Crippen LogP contribution in [0.3, 0.4) is 0 Å². The molecule has 2 aromatic rings. The number of nitrogens with zero attached hydrogens (tertiary/aromatic N) is 1. The van der Waals surface area contributed by atoms with Gasteiger partial charge in [0.2, 0.25) is 0 Å². The molecule has 0 fully saturated rings. The highest BCUT2D eigenvalue weighted by Crippen LogP contribution is 2.50. The van der Waals surface area contributed by atoms with Crippen LogP contribution in [0.15, 0.2) is 46.2 Å². The Bertz CT molecular complexity index is 731. The van der Waals surface area contributed by atoms with E-state index in [9.17, 15) is 13.2 Å². The zero-order valence-electron chi connectivity index (χ0n) is 12.2. The molecule has 2 aromatic carbocycles. The van der Waals surface area contributed by atoms with Crippen molar-refractivity contribution in [2.24, 2.45) is 5.73 Å². The Kier molecular flexibility index (Phi) is 4.16. The van der Waals surface area contributed by atoms with E-state index in [1.165, 1.54) is 23.9 Å². The number of hydrogen-bond donors (Lipinski definition) is 2. The summed E-state index contributed by atoms with van der Waals surface area (Å²) in [5.41, 5.74) is 12.8. The van der Waals surface area contributed by atoms with E-state index < -0.39 is 11.7 Å². The molecule has 0 amide bonds. The van der Waals surface area contributed by atoms with Gasteiger partial charge >= 0.3 is 6.18 Å². The van der Waals surface area contributed by atoms with Crippen LogP contribution in [0.5, 0.6) is 0 Å². The van der Waals surface area contributed by atoms with Crippen LogP contribution in [-0.4, -0.2) is 13.1 Å². The molecule has 1 aliphatic rings. The number of benzene rings is 2. The first kappa shape index (κ1) is 16.0. The van der Waals surface area contributed by atoms with E-state index in [0.717, 1.165) is 21.5 Å². The monoisotopic (exact) mass is 339 g/mol. The molecular weight excluding hydrogens is 323 g/mol. The SMILES string of the molecule is NCCCN1c2ccc(N)cc2Sc2ccc(C(F)(F)F)cc21. The van der Waals surface area contributed by atoms with E-state index in [1.807, 2.05) is 17.0 Å². The fourth-order valence-electron chi connectivity index (χ4n) is 2.56. The molecule has 0 saturated carbocycles. The third kappa shape index (κ3) is 3.11. The summed E-state index contributed by atoms with van der Waals surface area (Å²) in [7, 11) is 0. The van der Waals surface area contributed by atoms with E-state index in [0.29, 0.717) is 30.9 Å². The summed E-state index contributed by atoms with van der Waals surface area (Å²) in [6, 6.07) is 9.29. The van der Waals surface area contributed by atoms with Crippen molar-refractivity contribution >= 4 is 28.8 Å². The van der Waals surface area contributed by atoms with E-state index in [4.69, 9.17) is 11.5 Å². The van der Waals surface area contributed by atoms with E-state index in [1.54, 1.807) is 6.07 Å². The molecule has 3 nitrogen and oxygen atoms in total. The van der Waals surface area contributed by atoms with Gasteiger partial charge < -0.3 is 16.4 Å². The molecule has 0 atom stereocenters. The second kappa shape index (κ2) is 5.98. The molecule has 0 bridgehead atoms. The number of halogens is 3. The highest BCUT2D eigenvalue weighted by molar-refractivity contribution is 7.99. The summed E-state index contributed by atoms with van der Waals surface area (Å²) in [6.45, 7) is 1.03. The molecule has 0 aliphatic carbocycles. The second-order valence-electron chi connectivity index (χ2n) is 5.30. The van der Waals surface area contributed by atoms with Crippen molar-refractivity contribution in [3.8, 4) is 0 Å². The molecule has 0 radical (unpaired) electrons. The normalized spacial score (nSPS) is 13.7. The van der Waals surface area contributed by atoms with E-state index in [2.05, 4.69) is 0 Å². The van der Waals surface area contributed by atoms with Crippen molar-refractivity contribution in [3.63, 3.8) is 0 Å². The van der Waals surface area contributed by atoms with Gasteiger partial charge in [0.15, 0.2) is 0 Å². The Morgan fingerprint density at radius 1 is 1.00 bits per heavy atom.